The highest BCUT2D eigenvalue weighted by Gasteiger charge is 2.07. The molecule has 0 amide bonds. The van der Waals surface area contributed by atoms with Crippen LogP contribution in [0.1, 0.15) is 22.6 Å². The van der Waals surface area contributed by atoms with Crippen LogP contribution in [0.15, 0.2) is 36.4 Å². The van der Waals surface area contributed by atoms with E-state index in [0.29, 0.717) is 6.54 Å². The summed E-state index contributed by atoms with van der Waals surface area (Å²) in [6.07, 6.45) is 0. The van der Waals surface area contributed by atoms with Crippen LogP contribution in [0.4, 0.5) is 0 Å². The fourth-order valence-electron chi connectivity index (χ4n) is 2.51. The molecule has 3 aromatic rings. The number of nitrogens with zero attached hydrogens (tertiary/aromatic N) is 3. The van der Waals surface area contributed by atoms with Crippen LogP contribution in [-0.4, -0.2) is 19.9 Å². The molecule has 0 unspecified atom stereocenters. The maximum absolute atomic E-state index is 9.53. The number of para-hydroxylation sites is 1. The second-order valence-corrected chi connectivity index (χ2v) is 5.03. The smallest absolute Gasteiger partial charge is 0.0834 e. The quantitative estimate of drug-likeness (QED) is 0.793. The number of fused-ring (bicyclic) bond motifs is 1. The van der Waals surface area contributed by atoms with E-state index in [0.717, 1.165) is 33.5 Å². The Balaban J connectivity index is 2.06. The SMILES string of the molecule is Cc1cc(C)n(Cc2cc(CO)c3ccccc3n2)n1. The lowest BCUT2D eigenvalue weighted by Gasteiger charge is -2.09. The average Bonchev–Trinajstić information content (AvgIpc) is 2.76. The van der Waals surface area contributed by atoms with Crippen molar-refractivity contribution < 1.29 is 5.11 Å². The van der Waals surface area contributed by atoms with Gasteiger partial charge in [-0.3, -0.25) is 9.67 Å². The Hall–Kier alpha value is -2.20. The van der Waals surface area contributed by atoms with Crippen LogP contribution >= 0.6 is 0 Å². The molecule has 4 heteroatoms. The molecule has 1 aromatic carbocycles. The van der Waals surface area contributed by atoms with E-state index in [1.807, 2.05) is 54.9 Å². The Kier molecular flexibility index (Phi) is 3.24. The molecule has 2 heterocycles. The molecule has 0 atom stereocenters. The molecule has 0 saturated heterocycles. The van der Waals surface area contributed by atoms with Gasteiger partial charge >= 0.3 is 0 Å². The van der Waals surface area contributed by atoms with Crippen molar-refractivity contribution in [2.75, 3.05) is 0 Å². The van der Waals surface area contributed by atoms with Crippen LogP contribution in [0.3, 0.4) is 0 Å². The third-order valence-electron chi connectivity index (χ3n) is 3.44. The van der Waals surface area contributed by atoms with Gasteiger partial charge in [0.1, 0.15) is 0 Å². The normalized spacial score (nSPS) is 11.2. The van der Waals surface area contributed by atoms with Gasteiger partial charge in [0.15, 0.2) is 0 Å². The number of pyridine rings is 1. The lowest BCUT2D eigenvalue weighted by Crippen LogP contribution is -2.06. The largest absolute Gasteiger partial charge is 0.392 e. The molecular formula is C16H17N3O. The summed E-state index contributed by atoms with van der Waals surface area (Å²) in [4.78, 5) is 4.66. The van der Waals surface area contributed by atoms with Gasteiger partial charge in [-0.05, 0) is 37.6 Å². The molecule has 0 radical (unpaired) electrons. The van der Waals surface area contributed by atoms with Crippen LogP contribution in [0.5, 0.6) is 0 Å². The second-order valence-electron chi connectivity index (χ2n) is 5.03. The van der Waals surface area contributed by atoms with Gasteiger partial charge in [-0.1, -0.05) is 18.2 Å². The zero-order valence-electron chi connectivity index (χ0n) is 11.7. The number of aliphatic hydroxyl groups excluding tert-OH is 1. The van der Waals surface area contributed by atoms with E-state index in [2.05, 4.69) is 10.1 Å². The molecule has 0 saturated carbocycles. The molecule has 0 aliphatic carbocycles. The Labute approximate surface area is 117 Å². The fourth-order valence-corrected chi connectivity index (χ4v) is 2.51. The molecule has 0 fully saturated rings. The Morgan fingerprint density at radius 1 is 1.15 bits per heavy atom. The minimum atomic E-state index is 0.0210. The van der Waals surface area contributed by atoms with Gasteiger partial charge in [-0.15, -0.1) is 0 Å². The maximum atomic E-state index is 9.53. The predicted molar refractivity (Wildman–Crippen MR) is 78.5 cm³/mol. The molecule has 0 aliphatic rings. The van der Waals surface area contributed by atoms with Crippen molar-refractivity contribution in [2.45, 2.75) is 27.0 Å². The van der Waals surface area contributed by atoms with E-state index in [1.54, 1.807) is 0 Å². The zero-order valence-corrected chi connectivity index (χ0v) is 11.7. The summed E-state index contributed by atoms with van der Waals surface area (Å²) in [6.45, 7) is 4.66. The van der Waals surface area contributed by atoms with Gasteiger partial charge in [0.25, 0.3) is 0 Å². The van der Waals surface area contributed by atoms with E-state index in [9.17, 15) is 5.11 Å². The van der Waals surface area contributed by atoms with Crippen molar-refractivity contribution in [3.8, 4) is 0 Å². The molecule has 0 bridgehead atoms. The molecule has 0 spiro atoms. The number of hydrogen-bond donors (Lipinski definition) is 1. The van der Waals surface area contributed by atoms with Crippen LogP contribution in [0.2, 0.25) is 0 Å². The van der Waals surface area contributed by atoms with Crippen molar-refractivity contribution in [1.82, 2.24) is 14.8 Å². The first-order valence-corrected chi connectivity index (χ1v) is 6.67. The lowest BCUT2D eigenvalue weighted by atomic mass is 10.1. The van der Waals surface area contributed by atoms with Crippen molar-refractivity contribution in [2.24, 2.45) is 0 Å². The number of hydrogen-bond acceptors (Lipinski definition) is 3. The maximum Gasteiger partial charge on any atom is 0.0834 e. The highest BCUT2D eigenvalue weighted by molar-refractivity contribution is 5.82. The van der Waals surface area contributed by atoms with Gasteiger partial charge in [-0.25, -0.2) is 0 Å². The van der Waals surface area contributed by atoms with E-state index in [1.165, 1.54) is 0 Å². The number of aryl methyl sites for hydroxylation is 2. The van der Waals surface area contributed by atoms with Crippen molar-refractivity contribution in [3.63, 3.8) is 0 Å². The average molecular weight is 267 g/mol. The fraction of sp³-hybridized carbons (Fsp3) is 0.250. The summed E-state index contributed by atoms with van der Waals surface area (Å²) in [7, 11) is 0. The standard InChI is InChI=1S/C16H17N3O/c1-11-7-12(2)19(18-11)9-14-8-13(10-20)15-5-3-4-6-16(15)17-14/h3-8,20H,9-10H2,1-2H3. The van der Waals surface area contributed by atoms with Crippen LogP contribution in [0, 0.1) is 13.8 Å². The summed E-state index contributed by atoms with van der Waals surface area (Å²) in [5, 5.41) is 15.0. The van der Waals surface area contributed by atoms with E-state index < -0.39 is 0 Å². The number of benzene rings is 1. The summed E-state index contributed by atoms with van der Waals surface area (Å²) < 4.78 is 1.94. The summed E-state index contributed by atoms with van der Waals surface area (Å²) >= 11 is 0. The zero-order chi connectivity index (χ0) is 14.1. The molecule has 4 nitrogen and oxygen atoms in total. The lowest BCUT2D eigenvalue weighted by molar-refractivity contribution is 0.283. The molecule has 3 rings (SSSR count). The predicted octanol–water partition coefficient (Wildman–Crippen LogP) is 2.59. The second kappa shape index (κ2) is 5.06. The van der Waals surface area contributed by atoms with E-state index >= 15 is 0 Å². The van der Waals surface area contributed by atoms with Gasteiger partial charge in [0.05, 0.1) is 30.1 Å². The van der Waals surface area contributed by atoms with Crippen molar-refractivity contribution >= 4 is 10.9 Å². The van der Waals surface area contributed by atoms with Gasteiger partial charge in [0.2, 0.25) is 0 Å². The summed E-state index contributed by atoms with van der Waals surface area (Å²) in [6, 6.07) is 11.9. The van der Waals surface area contributed by atoms with Crippen LogP contribution < -0.4 is 0 Å². The topological polar surface area (TPSA) is 50.9 Å². The van der Waals surface area contributed by atoms with E-state index in [4.69, 9.17) is 0 Å². The van der Waals surface area contributed by atoms with Crippen LogP contribution in [-0.2, 0) is 13.2 Å². The molecule has 1 N–H and O–H groups in total. The summed E-state index contributed by atoms with van der Waals surface area (Å²) in [5.74, 6) is 0. The number of aliphatic hydroxyl groups is 1. The van der Waals surface area contributed by atoms with Gasteiger partial charge in [0, 0.05) is 11.1 Å². The highest BCUT2D eigenvalue weighted by atomic mass is 16.3. The Morgan fingerprint density at radius 3 is 2.65 bits per heavy atom. The first-order chi connectivity index (χ1) is 9.67. The van der Waals surface area contributed by atoms with Crippen molar-refractivity contribution in [3.05, 3.63) is 59.0 Å². The first-order valence-electron chi connectivity index (χ1n) is 6.67. The first kappa shape index (κ1) is 12.8. The monoisotopic (exact) mass is 267 g/mol. The highest BCUT2D eigenvalue weighted by Crippen LogP contribution is 2.19. The number of rotatable bonds is 3. The van der Waals surface area contributed by atoms with E-state index in [-0.39, 0.29) is 6.61 Å². The van der Waals surface area contributed by atoms with Gasteiger partial charge in [-0.2, -0.15) is 5.10 Å². The van der Waals surface area contributed by atoms with Crippen LogP contribution in [0.25, 0.3) is 10.9 Å². The Morgan fingerprint density at radius 2 is 1.95 bits per heavy atom. The van der Waals surface area contributed by atoms with Gasteiger partial charge < -0.3 is 5.11 Å². The molecule has 0 aliphatic heterocycles. The minimum absolute atomic E-state index is 0.0210. The van der Waals surface area contributed by atoms with Crippen molar-refractivity contribution in [1.29, 1.82) is 0 Å². The Bertz CT molecular complexity index is 762. The molecule has 20 heavy (non-hydrogen) atoms. The third-order valence-corrected chi connectivity index (χ3v) is 3.44. The number of aromatic nitrogens is 3. The minimum Gasteiger partial charge on any atom is -0.392 e. The third kappa shape index (κ3) is 2.30. The summed E-state index contributed by atoms with van der Waals surface area (Å²) in [5.41, 5.74) is 4.86. The molecule has 2 aromatic heterocycles. The molecular weight excluding hydrogens is 250 g/mol. The molecule has 102 valence electrons.